The maximum absolute atomic E-state index is 12.9. The zero-order valence-corrected chi connectivity index (χ0v) is 16.6. The van der Waals surface area contributed by atoms with Crippen LogP contribution >= 0.6 is 34.7 Å². The minimum absolute atomic E-state index is 0.139. The Labute approximate surface area is 168 Å². The normalized spacial score (nSPS) is 10.6. The number of nitrogens with zero attached hydrogens (tertiary/aromatic N) is 2. The number of carbonyl (C=O) groups is 1. The van der Waals surface area contributed by atoms with E-state index in [4.69, 9.17) is 16.3 Å². The van der Waals surface area contributed by atoms with Gasteiger partial charge in [0.1, 0.15) is 11.6 Å². The summed E-state index contributed by atoms with van der Waals surface area (Å²) in [5.41, 5.74) is 1.83. The van der Waals surface area contributed by atoms with E-state index >= 15 is 0 Å². The molecule has 0 radical (unpaired) electrons. The maximum atomic E-state index is 12.9. The van der Waals surface area contributed by atoms with E-state index in [2.05, 4.69) is 15.5 Å². The number of ether oxygens (including phenoxy) is 1. The molecular weight excluding hydrogens is 409 g/mol. The van der Waals surface area contributed by atoms with Crippen molar-refractivity contribution in [2.24, 2.45) is 0 Å². The fourth-order valence-electron chi connectivity index (χ4n) is 2.12. The molecule has 0 aliphatic carbocycles. The highest BCUT2D eigenvalue weighted by Crippen LogP contribution is 2.28. The zero-order chi connectivity index (χ0) is 19.2. The molecule has 0 aliphatic heterocycles. The van der Waals surface area contributed by atoms with E-state index in [0.717, 1.165) is 11.1 Å². The first kappa shape index (κ1) is 19.6. The molecule has 0 saturated heterocycles. The molecule has 1 N–H and O–H groups in total. The van der Waals surface area contributed by atoms with E-state index in [1.165, 1.54) is 35.2 Å². The SMILES string of the molecule is Cc1cc(Cl)ccc1OCC(=O)Nc1nnc(SCc2ccc(F)cc2)s1. The van der Waals surface area contributed by atoms with Crippen LogP contribution in [0.3, 0.4) is 0 Å². The number of rotatable bonds is 7. The van der Waals surface area contributed by atoms with Crippen molar-refractivity contribution in [2.75, 3.05) is 11.9 Å². The third kappa shape index (κ3) is 5.92. The summed E-state index contributed by atoms with van der Waals surface area (Å²) in [7, 11) is 0. The molecule has 0 saturated carbocycles. The summed E-state index contributed by atoms with van der Waals surface area (Å²) in [5, 5.41) is 11.7. The minimum atomic E-state index is -0.324. The van der Waals surface area contributed by atoms with Gasteiger partial charge in [-0.3, -0.25) is 10.1 Å². The van der Waals surface area contributed by atoms with Gasteiger partial charge in [0.2, 0.25) is 5.13 Å². The third-order valence-corrected chi connectivity index (χ3v) is 5.70. The van der Waals surface area contributed by atoms with Gasteiger partial charge in [0, 0.05) is 10.8 Å². The molecule has 1 heterocycles. The Kier molecular flexibility index (Phi) is 6.65. The van der Waals surface area contributed by atoms with Gasteiger partial charge in [-0.25, -0.2) is 4.39 Å². The molecule has 0 atom stereocenters. The Morgan fingerprint density at radius 1 is 1.26 bits per heavy atom. The highest BCUT2D eigenvalue weighted by molar-refractivity contribution is 8.00. The number of benzene rings is 2. The summed E-state index contributed by atoms with van der Waals surface area (Å²) in [4.78, 5) is 12.0. The number of hydrogen-bond donors (Lipinski definition) is 1. The number of aryl methyl sites for hydroxylation is 1. The van der Waals surface area contributed by atoms with Crippen molar-refractivity contribution in [1.29, 1.82) is 0 Å². The van der Waals surface area contributed by atoms with Crippen LogP contribution in [0.5, 0.6) is 5.75 Å². The summed E-state index contributed by atoms with van der Waals surface area (Å²) in [6.45, 7) is 1.72. The molecular formula is C18H15ClFN3O2S2. The molecule has 9 heteroatoms. The number of halogens is 2. The maximum Gasteiger partial charge on any atom is 0.264 e. The molecule has 3 aromatic rings. The first-order valence-electron chi connectivity index (χ1n) is 7.89. The van der Waals surface area contributed by atoms with Gasteiger partial charge >= 0.3 is 0 Å². The minimum Gasteiger partial charge on any atom is -0.483 e. The number of amides is 1. The average Bonchev–Trinajstić information content (AvgIpc) is 3.08. The molecule has 0 unspecified atom stereocenters. The van der Waals surface area contributed by atoms with Crippen LogP contribution in [0, 0.1) is 12.7 Å². The molecule has 1 amide bonds. The zero-order valence-electron chi connectivity index (χ0n) is 14.2. The highest BCUT2D eigenvalue weighted by Gasteiger charge is 2.10. The van der Waals surface area contributed by atoms with Crippen molar-refractivity contribution in [2.45, 2.75) is 17.0 Å². The van der Waals surface area contributed by atoms with Gasteiger partial charge in [-0.1, -0.05) is 46.8 Å². The van der Waals surface area contributed by atoms with Crippen molar-refractivity contribution >= 4 is 45.7 Å². The molecule has 0 aliphatic rings. The van der Waals surface area contributed by atoms with Gasteiger partial charge in [-0.15, -0.1) is 10.2 Å². The molecule has 5 nitrogen and oxygen atoms in total. The Morgan fingerprint density at radius 3 is 2.78 bits per heavy atom. The second-order valence-corrected chi connectivity index (χ2v) is 8.17. The largest absolute Gasteiger partial charge is 0.483 e. The van der Waals surface area contributed by atoms with E-state index in [9.17, 15) is 9.18 Å². The van der Waals surface area contributed by atoms with Crippen LogP contribution in [-0.2, 0) is 10.5 Å². The van der Waals surface area contributed by atoms with Gasteiger partial charge in [-0.05, 0) is 48.4 Å². The van der Waals surface area contributed by atoms with E-state index in [-0.39, 0.29) is 18.3 Å². The lowest BCUT2D eigenvalue weighted by atomic mass is 10.2. The van der Waals surface area contributed by atoms with Gasteiger partial charge in [0.05, 0.1) is 0 Å². The molecule has 0 fully saturated rings. The summed E-state index contributed by atoms with van der Waals surface area (Å²) < 4.78 is 19.1. The number of carbonyl (C=O) groups excluding carboxylic acids is 1. The second kappa shape index (κ2) is 9.16. The summed E-state index contributed by atoms with van der Waals surface area (Å²) in [6, 6.07) is 11.5. The number of nitrogens with one attached hydrogen (secondary N) is 1. The van der Waals surface area contributed by atoms with Gasteiger partial charge < -0.3 is 4.74 Å². The number of thioether (sulfide) groups is 1. The van der Waals surface area contributed by atoms with E-state index in [1.54, 1.807) is 30.3 Å². The van der Waals surface area contributed by atoms with Crippen LogP contribution < -0.4 is 10.1 Å². The molecule has 1 aromatic heterocycles. The van der Waals surface area contributed by atoms with Crippen LogP contribution in [0.1, 0.15) is 11.1 Å². The third-order valence-electron chi connectivity index (χ3n) is 3.42. The van der Waals surface area contributed by atoms with Gasteiger partial charge in [0.15, 0.2) is 10.9 Å². The lowest BCUT2D eigenvalue weighted by molar-refractivity contribution is -0.118. The molecule has 2 aromatic carbocycles. The van der Waals surface area contributed by atoms with Crippen molar-refractivity contribution in [3.63, 3.8) is 0 Å². The first-order chi connectivity index (χ1) is 13.0. The van der Waals surface area contributed by atoms with Crippen molar-refractivity contribution in [3.8, 4) is 5.75 Å². The Morgan fingerprint density at radius 2 is 2.04 bits per heavy atom. The van der Waals surface area contributed by atoms with Crippen molar-refractivity contribution < 1.29 is 13.9 Å². The van der Waals surface area contributed by atoms with E-state index in [0.29, 0.717) is 26.0 Å². The molecule has 3 rings (SSSR count). The van der Waals surface area contributed by atoms with Crippen LogP contribution in [0.25, 0.3) is 0 Å². The lowest BCUT2D eigenvalue weighted by Crippen LogP contribution is -2.20. The topological polar surface area (TPSA) is 64.1 Å². The van der Waals surface area contributed by atoms with E-state index in [1.807, 2.05) is 6.92 Å². The first-order valence-corrected chi connectivity index (χ1v) is 10.1. The predicted octanol–water partition coefficient (Wildman–Crippen LogP) is 4.95. The fraction of sp³-hybridized carbons (Fsp3) is 0.167. The predicted molar refractivity (Wildman–Crippen MR) is 106 cm³/mol. The van der Waals surface area contributed by atoms with Gasteiger partial charge in [-0.2, -0.15) is 0 Å². The van der Waals surface area contributed by atoms with Crippen molar-refractivity contribution in [3.05, 3.63) is 64.4 Å². The number of anilines is 1. The Bertz CT molecular complexity index is 935. The average molecular weight is 424 g/mol. The standard InChI is InChI=1S/C18H15ClFN3O2S2/c1-11-8-13(19)4-7-15(11)25-9-16(24)21-17-22-23-18(27-17)26-10-12-2-5-14(20)6-3-12/h2-8H,9-10H2,1H3,(H,21,22,24). The monoisotopic (exact) mass is 423 g/mol. The van der Waals surface area contributed by atoms with Gasteiger partial charge in [0.25, 0.3) is 5.91 Å². The highest BCUT2D eigenvalue weighted by atomic mass is 35.5. The summed E-state index contributed by atoms with van der Waals surface area (Å²) in [6.07, 6.45) is 0. The lowest BCUT2D eigenvalue weighted by Gasteiger charge is -2.08. The quantitative estimate of drug-likeness (QED) is 0.430. The Hall–Kier alpha value is -2.16. The van der Waals surface area contributed by atoms with Crippen LogP contribution in [-0.4, -0.2) is 22.7 Å². The Balaban J connectivity index is 1.48. The summed E-state index contributed by atoms with van der Waals surface area (Å²) in [5.74, 6) is 0.653. The fourth-order valence-corrected chi connectivity index (χ4v) is 4.07. The second-order valence-electron chi connectivity index (χ2n) is 5.53. The molecule has 0 bridgehead atoms. The van der Waals surface area contributed by atoms with E-state index < -0.39 is 0 Å². The molecule has 140 valence electrons. The smallest absolute Gasteiger partial charge is 0.264 e. The summed E-state index contributed by atoms with van der Waals surface area (Å²) >= 11 is 8.63. The van der Waals surface area contributed by atoms with Crippen LogP contribution in [0.15, 0.2) is 46.8 Å². The number of aromatic nitrogens is 2. The van der Waals surface area contributed by atoms with Crippen molar-refractivity contribution in [1.82, 2.24) is 10.2 Å². The number of hydrogen-bond acceptors (Lipinski definition) is 6. The van der Waals surface area contributed by atoms with Crippen LogP contribution in [0.2, 0.25) is 5.02 Å². The molecule has 27 heavy (non-hydrogen) atoms. The van der Waals surface area contributed by atoms with Crippen LogP contribution in [0.4, 0.5) is 9.52 Å². The molecule has 0 spiro atoms.